The molecule has 1 rings (SSSR count). The summed E-state index contributed by atoms with van der Waals surface area (Å²) in [5.74, 6) is -0.963. The van der Waals surface area contributed by atoms with E-state index in [9.17, 15) is 9.90 Å². The van der Waals surface area contributed by atoms with Crippen molar-refractivity contribution in [1.29, 1.82) is 0 Å². The van der Waals surface area contributed by atoms with E-state index in [4.69, 9.17) is 9.84 Å². The first-order chi connectivity index (χ1) is 7.58. The van der Waals surface area contributed by atoms with Crippen LogP contribution in [0, 0.1) is 0 Å². The van der Waals surface area contributed by atoms with E-state index in [2.05, 4.69) is 0 Å². The van der Waals surface area contributed by atoms with Crippen molar-refractivity contribution < 1.29 is 19.7 Å². The number of nitrogens with zero attached hydrogens (tertiary/aromatic N) is 1. The third kappa shape index (κ3) is 5.44. The van der Waals surface area contributed by atoms with Crippen LogP contribution in [0.25, 0.3) is 0 Å². The summed E-state index contributed by atoms with van der Waals surface area (Å²) in [7, 11) is 1.88. The second-order valence-electron chi connectivity index (χ2n) is 4.46. The van der Waals surface area contributed by atoms with Gasteiger partial charge in [-0.1, -0.05) is 0 Å². The molecule has 0 aromatic rings. The van der Waals surface area contributed by atoms with E-state index in [1.165, 1.54) is 6.42 Å². The third-order valence-electron chi connectivity index (χ3n) is 2.72. The topological polar surface area (TPSA) is 70.0 Å². The molecule has 0 aromatic carbocycles. The SMILES string of the molecule is CN(CC(O)CC(=O)O)CC1CCCCO1. The van der Waals surface area contributed by atoms with Crippen LogP contribution in [0.3, 0.4) is 0 Å². The highest BCUT2D eigenvalue weighted by molar-refractivity contribution is 5.67. The molecule has 0 bridgehead atoms. The van der Waals surface area contributed by atoms with E-state index in [1.54, 1.807) is 0 Å². The summed E-state index contributed by atoms with van der Waals surface area (Å²) in [6.45, 7) is 1.96. The van der Waals surface area contributed by atoms with Crippen LogP contribution in [0.4, 0.5) is 0 Å². The molecule has 2 N–H and O–H groups in total. The molecular formula is C11H21NO4. The Hall–Kier alpha value is -0.650. The standard InChI is InChI=1S/C11H21NO4/c1-12(7-9(13)6-11(14)15)8-10-4-2-3-5-16-10/h9-10,13H,2-8H2,1H3,(H,14,15). The summed E-state index contributed by atoms with van der Waals surface area (Å²) in [6, 6.07) is 0. The van der Waals surface area contributed by atoms with Crippen molar-refractivity contribution in [2.24, 2.45) is 0 Å². The number of rotatable bonds is 6. The molecule has 1 saturated heterocycles. The Morgan fingerprint density at radius 3 is 2.88 bits per heavy atom. The van der Waals surface area contributed by atoms with Crippen LogP contribution in [-0.4, -0.2) is 60.0 Å². The molecule has 16 heavy (non-hydrogen) atoms. The molecular weight excluding hydrogens is 210 g/mol. The molecule has 1 aliphatic rings. The first-order valence-corrected chi connectivity index (χ1v) is 5.78. The van der Waals surface area contributed by atoms with E-state index < -0.39 is 12.1 Å². The summed E-state index contributed by atoms with van der Waals surface area (Å²) in [5, 5.41) is 18.0. The van der Waals surface area contributed by atoms with Crippen LogP contribution in [-0.2, 0) is 9.53 Å². The minimum Gasteiger partial charge on any atom is -0.481 e. The van der Waals surface area contributed by atoms with Crippen LogP contribution in [0.1, 0.15) is 25.7 Å². The smallest absolute Gasteiger partial charge is 0.306 e. The number of ether oxygens (including phenoxy) is 1. The van der Waals surface area contributed by atoms with Crippen LogP contribution in [0.2, 0.25) is 0 Å². The van der Waals surface area contributed by atoms with Gasteiger partial charge in [-0.05, 0) is 26.3 Å². The zero-order chi connectivity index (χ0) is 12.0. The molecule has 0 aromatic heterocycles. The fraction of sp³-hybridized carbons (Fsp3) is 0.909. The second-order valence-corrected chi connectivity index (χ2v) is 4.46. The van der Waals surface area contributed by atoms with Crippen molar-refractivity contribution in [3.63, 3.8) is 0 Å². The van der Waals surface area contributed by atoms with Crippen molar-refractivity contribution in [1.82, 2.24) is 4.90 Å². The molecule has 2 atom stereocenters. The minimum atomic E-state index is -0.963. The Bertz CT molecular complexity index is 216. The third-order valence-corrected chi connectivity index (χ3v) is 2.72. The molecule has 2 unspecified atom stereocenters. The van der Waals surface area contributed by atoms with Crippen molar-refractivity contribution in [2.45, 2.75) is 37.9 Å². The molecule has 1 heterocycles. The largest absolute Gasteiger partial charge is 0.481 e. The van der Waals surface area contributed by atoms with Crippen LogP contribution < -0.4 is 0 Å². The van der Waals surface area contributed by atoms with Gasteiger partial charge in [-0.3, -0.25) is 4.79 Å². The maximum atomic E-state index is 10.4. The van der Waals surface area contributed by atoms with Gasteiger partial charge in [0.2, 0.25) is 0 Å². The number of aliphatic hydroxyl groups is 1. The monoisotopic (exact) mass is 231 g/mol. The number of carboxylic acids is 1. The van der Waals surface area contributed by atoms with E-state index in [0.29, 0.717) is 6.54 Å². The molecule has 0 radical (unpaired) electrons. The lowest BCUT2D eigenvalue weighted by molar-refractivity contribution is -0.139. The van der Waals surface area contributed by atoms with Crippen LogP contribution >= 0.6 is 0 Å². The molecule has 0 amide bonds. The van der Waals surface area contributed by atoms with Gasteiger partial charge >= 0.3 is 5.97 Å². The van der Waals surface area contributed by atoms with Crippen molar-refractivity contribution in [2.75, 3.05) is 26.7 Å². The maximum absolute atomic E-state index is 10.4. The number of hydrogen-bond acceptors (Lipinski definition) is 4. The van der Waals surface area contributed by atoms with Gasteiger partial charge in [-0.15, -0.1) is 0 Å². The number of aliphatic hydroxyl groups excluding tert-OH is 1. The highest BCUT2D eigenvalue weighted by atomic mass is 16.5. The van der Waals surface area contributed by atoms with E-state index in [-0.39, 0.29) is 12.5 Å². The summed E-state index contributed by atoms with van der Waals surface area (Å²) < 4.78 is 5.57. The number of carboxylic acid groups (broad SMARTS) is 1. The Morgan fingerprint density at radius 1 is 1.56 bits per heavy atom. The quantitative estimate of drug-likeness (QED) is 0.689. The second kappa shape index (κ2) is 6.83. The zero-order valence-corrected chi connectivity index (χ0v) is 9.76. The highest BCUT2D eigenvalue weighted by Gasteiger charge is 2.18. The summed E-state index contributed by atoms with van der Waals surface area (Å²) >= 11 is 0. The number of carbonyl (C=O) groups is 1. The Morgan fingerprint density at radius 2 is 2.31 bits per heavy atom. The molecule has 94 valence electrons. The predicted molar refractivity (Wildman–Crippen MR) is 59.3 cm³/mol. The first-order valence-electron chi connectivity index (χ1n) is 5.78. The van der Waals surface area contributed by atoms with E-state index in [0.717, 1.165) is 26.0 Å². The summed E-state index contributed by atoms with van der Waals surface area (Å²) in [6.07, 6.45) is 2.61. The van der Waals surface area contributed by atoms with E-state index >= 15 is 0 Å². The minimum absolute atomic E-state index is 0.199. The maximum Gasteiger partial charge on any atom is 0.306 e. The molecule has 0 saturated carbocycles. The average Bonchev–Trinajstić information content (AvgIpc) is 2.17. The van der Waals surface area contributed by atoms with Crippen LogP contribution in [0.15, 0.2) is 0 Å². The van der Waals surface area contributed by atoms with Gasteiger partial charge in [0.05, 0.1) is 18.6 Å². The van der Waals surface area contributed by atoms with Gasteiger partial charge in [0.15, 0.2) is 0 Å². The average molecular weight is 231 g/mol. The summed E-state index contributed by atoms with van der Waals surface area (Å²) in [4.78, 5) is 12.3. The first kappa shape index (κ1) is 13.4. The fourth-order valence-corrected chi connectivity index (χ4v) is 2.00. The normalized spacial score (nSPS) is 23.3. The Kier molecular flexibility index (Phi) is 5.73. The number of likely N-dealkylation sites (N-methyl/N-ethyl adjacent to an activating group) is 1. The lowest BCUT2D eigenvalue weighted by atomic mass is 10.1. The molecule has 1 fully saturated rings. The highest BCUT2D eigenvalue weighted by Crippen LogP contribution is 2.13. The molecule has 5 nitrogen and oxygen atoms in total. The number of hydrogen-bond donors (Lipinski definition) is 2. The molecule has 5 heteroatoms. The van der Waals surface area contributed by atoms with Gasteiger partial charge in [0, 0.05) is 19.7 Å². The van der Waals surface area contributed by atoms with Crippen LogP contribution in [0.5, 0.6) is 0 Å². The van der Waals surface area contributed by atoms with E-state index in [1.807, 2.05) is 11.9 Å². The van der Waals surface area contributed by atoms with Gasteiger partial charge in [0.1, 0.15) is 0 Å². The molecule has 0 spiro atoms. The van der Waals surface area contributed by atoms with Gasteiger partial charge in [-0.2, -0.15) is 0 Å². The lowest BCUT2D eigenvalue weighted by Gasteiger charge is -2.28. The van der Waals surface area contributed by atoms with Gasteiger partial charge in [-0.25, -0.2) is 0 Å². The van der Waals surface area contributed by atoms with Crippen molar-refractivity contribution in [3.05, 3.63) is 0 Å². The van der Waals surface area contributed by atoms with Crippen molar-refractivity contribution in [3.8, 4) is 0 Å². The Labute approximate surface area is 96.0 Å². The summed E-state index contributed by atoms with van der Waals surface area (Å²) in [5.41, 5.74) is 0. The van der Waals surface area contributed by atoms with Gasteiger partial charge < -0.3 is 19.8 Å². The Balaban J connectivity index is 2.18. The zero-order valence-electron chi connectivity index (χ0n) is 9.76. The van der Waals surface area contributed by atoms with Crippen molar-refractivity contribution >= 4 is 5.97 Å². The number of aliphatic carboxylic acids is 1. The lowest BCUT2D eigenvalue weighted by Crippen LogP contribution is -2.38. The predicted octanol–water partition coefficient (Wildman–Crippen LogP) is 0.323. The molecule has 1 aliphatic heterocycles. The van der Waals surface area contributed by atoms with Gasteiger partial charge in [0.25, 0.3) is 0 Å². The fourth-order valence-electron chi connectivity index (χ4n) is 2.00. The molecule has 0 aliphatic carbocycles.